The normalized spacial score (nSPS) is 21.1. The number of piperazine rings is 1. The van der Waals surface area contributed by atoms with E-state index >= 15 is 0 Å². The van der Waals surface area contributed by atoms with Crippen LogP contribution in [0.25, 0.3) is 5.82 Å². The van der Waals surface area contributed by atoms with Crippen LogP contribution >= 0.6 is 0 Å². The van der Waals surface area contributed by atoms with Crippen LogP contribution in [0.3, 0.4) is 0 Å². The lowest BCUT2D eigenvalue weighted by molar-refractivity contribution is -0.129. The van der Waals surface area contributed by atoms with E-state index < -0.39 is 0 Å². The predicted molar refractivity (Wildman–Crippen MR) is 118 cm³/mol. The van der Waals surface area contributed by atoms with Crippen LogP contribution in [0.15, 0.2) is 71.4 Å². The van der Waals surface area contributed by atoms with E-state index in [0.29, 0.717) is 6.42 Å². The molecule has 1 saturated heterocycles. The molecule has 0 aliphatic carbocycles. The van der Waals surface area contributed by atoms with Crippen molar-refractivity contribution in [1.29, 1.82) is 0 Å². The monoisotopic (exact) mass is 391 g/mol. The van der Waals surface area contributed by atoms with Gasteiger partial charge in [0.2, 0.25) is 5.91 Å². The Bertz CT molecular complexity index is 941. The van der Waals surface area contributed by atoms with Crippen molar-refractivity contribution < 1.29 is 4.79 Å². The Morgan fingerprint density at radius 1 is 1.24 bits per heavy atom. The Hall–Kier alpha value is -3.15. The summed E-state index contributed by atoms with van der Waals surface area (Å²) >= 11 is 0. The molecule has 0 N–H and O–H groups in total. The molecule has 1 aliphatic heterocycles. The summed E-state index contributed by atoms with van der Waals surface area (Å²) in [6.45, 7) is 8.17. The van der Waals surface area contributed by atoms with Crippen LogP contribution in [0.5, 0.6) is 0 Å². The van der Waals surface area contributed by atoms with Crippen molar-refractivity contribution in [3.63, 3.8) is 0 Å². The van der Waals surface area contributed by atoms with E-state index in [0.717, 1.165) is 35.0 Å². The summed E-state index contributed by atoms with van der Waals surface area (Å²) in [5.41, 5.74) is 2.90. The molecule has 1 aliphatic rings. The van der Waals surface area contributed by atoms with Gasteiger partial charge in [-0.2, -0.15) is 0 Å². The number of anilines is 1. The van der Waals surface area contributed by atoms with Gasteiger partial charge in [-0.05, 0) is 44.4 Å². The Morgan fingerprint density at radius 2 is 1.97 bits per heavy atom. The summed E-state index contributed by atoms with van der Waals surface area (Å²) in [7, 11) is 1.82. The Kier molecular flexibility index (Phi) is 6.32. The zero-order valence-corrected chi connectivity index (χ0v) is 17.8. The fourth-order valence-corrected chi connectivity index (χ4v) is 3.57. The second-order valence-electron chi connectivity index (χ2n) is 7.06. The van der Waals surface area contributed by atoms with Crippen LogP contribution in [0.1, 0.15) is 40.5 Å². The van der Waals surface area contributed by atoms with Crippen molar-refractivity contribution in [2.75, 3.05) is 11.9 Å². The molecular weight excluding hydrogens is 362 g/mol. The van der Waals surface area contributed by atoms with Gasteiger partial charge in [0, 0.05) is 25.1 Å². The average Bonchev–Trinajstić information content (AvgIpc) is 3.28. The standard InChI is InChI=1S/C23H29N5O/c1-6-17(4)21(27-15-14-24-16-27)25-22-19(7-2)26(5)23(29)20(8-3)28(22)18-12-10-9-11-13-18/h7,9-16,20H,6,8H2,1-5H3. The Labute approximate surface area is 172 Å². The minimum Gasteiger partial charge on any atom is -0.312 e. The van der Waals surface area contributed by atoms with Gasteiger partial charge >= 0.3 is 0 Å². The average molecular weight is 392 g/mol. The number of hydrogen-bond acceptors (Lipinski definition) is 3. The quantitative estimate of drug-likeness (QED) is 0.752. The number of carbonyl (C=O) groups is 1. The molecule has 0 saturated carbocycles. The topological polar surface area (TPSA) is 53.7 Å². The lowest BCUT2D eigenvalue weighted by Crippen LogP contribution is -2.57. The smallest absolute Gasteiger partial charge is 0.249 e. The highest BCUT2D eigenvalue weighted by Gasteiger charge is 2.39. The highest BCUT2D eigenvalue weighted by atomic mass is 16.2. The van der Waals surface area contributed by atoms with E-state index in [-0.39, 0.29) is 11.9 Å². The summed E-state index contributed by atoms with van der Waals surface area (Å²) in [6.07, 6.45) is 8.91. The number of nitrogens with zero attached hydrogens (tertiary/aromatic N) is 5. The first-order valence-electron chi connectivity index (χ1n) is 10.1. The summed E-state index contributed by atoms with van der Waals surface area (Å²) in [5, 5.41) is 0. The molecule has 1 unspecified atom stereocenters. The minimum absolute atomic E-state index is 0.0729. The summed E-state index contributed by atoms with van der Waals surface area (Å²) < 4.78 is 1.93. The molecule has 1 atom stereocenters. The second kappa shape index (κ2) is 8.90. The zero-order chi connectivity index (χ0) is 21.0. The lowest BCUT2D eigenvalue weighted by Gasteiger charge is -2.42. The number of hydrogen-bond donors (Lipinski definition) is 0. The van der Waals surface area contributed by atoms with Gasteiger partial charge in [0.1, 0.15) is 18.2 Å². The van der Waals surface area contributed by atoms with Crippen LogP contribution < -0.4 is 4.90 Å². The third-order valence-electron chi connectivity index (χ3n) is 5.31. The van der Waals surface area contributed by atoms with Crippen LogP contribution in [0.4, 0.5) is 5.69 Å². The van der Waals surface area contributed by atoms with Crippen molar-refractivity contribution in [2.24, 2.45) is 4.99 Å². The van der Waals surface area contributed by atoms with Crippen LogP contribution in [-0.2, 0) is 4.79 Å². The molecule has 3 rings (SSSR count). The molecule has 1 fully saturated rings. The van der Waals surface area contributed by atoms with Crippen molar-refractivity contribution in [3.05, 3.63) is 66.4 Å². The fraction of sp³-hybridized carbons (Fsp3) is 0.348. The highest BCUT2D eigenvalue weighted by molar-refractivity contribution is 6.18. The number of amidine groups is 1. The van der Waals surface area contributed by atoms with E-state index in [2.05, 4.69) is 23.7 Å². The lowest BCUT2D eigenvalue weighted by atomic mass is 10.0. The first-order valence-corrected chi connectivity index (χ1v) is 10.1. The molecule has 0 radical (unpaired) electrons. The van der Waals surface area contributed by atoms with E-state index in [1.165, 1.54) is 0 Å². The third kappa shape index (κ3) is 3.88. The molecule has 29 heavy (non-hydrogen) atoms. The Morgan fingerprint density at radius 3 is 2.52 bits per heavy atom. The van der Waals surface area contributed by atoms with E-state index in [9.17, 15) is 4.79 Å². The SMILES string of the molecule is CC=C1C(=NC(=C(C)CC)n2ccnc2)N(c2ccccc2)C(CC)C(=O)N1C. The van der Waals surface area contributed by atoms with E-state index in [1.807, 2.05) is 68.1 Å². The first kappa shape index (κ1) is 20.6. The summed E-state index contributed by atoms with van der Waals surface area (Å²) in [5.74, 6) is 1.67. The number of aromatic nitrogens is 2. The summed E-state index contributed by atoms with van der Waals surface area (Å²) in [4.78, 5) is 26.2. The number of aliphatic imine (C=N–C) groups is 1. The molecule has 6 heteroatoms. The van der Waals surface area contributed by atoms with Gasteiger partial charge in [0.15, 0.2) is 5.84 Å². The molecule has 1 aromatic carbocycles. The van der Waals surface area contributed by atoms with Crippen molar-refractivity contribution >= 4 is 23.3 Å². The van der Waals surface area contributed by atoms with Gasteiger partial charge in [0.25, 0.3) is 0 Å². The fourth-order valence-electron chi connectivity index (χ4n) is 3.57. The number of carbonyl (C=O) groups excluding carboxylic acids is 1. The van der Waals surface area contributed by atoms with Gasteiger partial charge < -0.3 is 9.80 Å². The number of imidazole rings is 1. The van der Waals surface area contributed by atoms with Gasteiger partial charge in [-0.25, -0.2) is 9.98 Å². The van der Waals surface area contributed by atoms with E-state index in [1.54, 1.807) is 17.4 Å². The molecule has 0 spiro atoms. The van der Waals surface area contributed by atoms with Crippen molar-refractivity contribution in [1.82, 2.24) is 14.5 Å². The van der Waals surface area contributed by atoms with Gasteiger partial charge in [0.05, 0.1) is 5.70 Å². The minimum atomic E-state index is -0.309. The van der Waals surface area contributed by atoms with Crippen molar-refractivity contribution in [3.8, 4) is 0 Å². The molecule has 0 bridgehead atoms. The molecular formula is C23H29N5O. The largest absolute Gasteiger partial charge is 0.312 e. The number of likely N-dealkylation sites (N-methyl/N-ethyl adjacent to an activating group) is 1. The van der Waals surface area contributed by atoms with Gasteiger partial charge in [-0.3, -0.25) is 9.36 Å². The van der Waals surface area contributed by atoms with E-state index in [4.69, 9.17) is 4.99 Å². The molecule has 6 nitrogen and oxygen atoms in total. The van der Waals surface area contributed by atoms with Crippen LogP contribution in [0.2, 0.25) is 0 Å². The molecule has 2 heterocycles. The molecule has 2 aromatic rings. The third-order valence-corrected chi connectivity index (χ3v) is 5.31. The maximum absolute atomic E-state index is 13.1. The maximum Gasteiger partial charge on any atom is 0.249 e. The van der Waals surface area contributed by atoms with Gasteiger partial charge in [-0.15, -0.1) is 0 Å². The molecule has 1 aromatic heterocycles. The van der Waals surface area contributed by atoms with Crippen molar-refractivity contribution in [2.45, 2.75) is 46.6 Å². The number of para-hydroxylation sites is 1. The highest BCUT2D eigenvalue weighted by Crippen LogP contribution is 2.30. The second-order valence-corrected chi connectivity index (χ2v) is 7.06. The van der Waals surface area contributed by atoms with Crippen LogP contribution in [0, 0.1) is 0 Å². The van der Waals surface area contributed by atoms with Gasteiger partial charge in [-0.1, -0.05) is 38.1 Å². The van der Waals surface area contributed by atoms with Crippen LogP contribution in [-0.4, -0.2) is 39.3 Å². The number of benzene rings is 1. The predicted octanol–water partition coefficient (Wildman–Crippen LogP) is 4.54. The number of amides is 1. The Balaban J connectivity index is 2.27. The summed E-state index contributed by atoms with van der Waals surface area (Å²) in [6, 6.07) is 9.70. The molecule has 1 amide bonds. The number of allylic oxidation sites excluding steroid dienone is 2. The maximum atomic E-state index is 13.1. The zero-order valence-electron chi connectivity index (χ0n) is 17.8. The first-order chi connectivity index (χ1) is 14.0. The molecule has 152 valence electrons. The number of rotatable bonds is 5.